The summed E-state index contributed by atoms with van der Waals surface area (Å²) in [6.45, 7) is 12.7. The van der Waals surface area contributed by atoms with Crippen molar-refractivity contribution >= 4 is 46.7 Å². The van der Waals surface area contributed by atoms with Crippen molar-refractivity contribution in [3.05, 3.63) is 71.1 Å². The average molecular weight is 822 g/mol. The zero-order valence-electron chi connectivity index (χ0n) is 34.0. The van der Waals surface area contributed by atoms with Gasteiger partial charge in [0.25, 0.3) is 5.91 Å². The summed E-state index contributed by atoms with van der Waals surface area (Å²) < 4.78 is 38.5. The SMILES string of the molecule is CC(C)(C)OC(=O)N=c1ccc2c(-c3cc(C(=O)NCCOCCOCCOCCOCCC(=O)O)ccc3C(=O)O)c3ccc(NC(=O)OC(C)(C)C)cc3oc-2c1. The lowest BCUT2D eigenvalue weighted by Crippen LogP contribution is -2.27. The van der Waals surface area contributed by atoms with Crippen LogP contribution in [0.2, 0.25) is 0 Å². The van der Waals surface area contributed by atoms with E-state index in [4.69, 9.17) is 37.9 Å². The second kappa shape index (κ2) is 21.2. The number of hydrogen-bond acceptors (Lipinski definition) is 12. The molecule has 4 rings (SSSR count). The van der Waals surface area contributed by atoms with Gasteiger partial charge in [-0.15, -0.1) is 0 Å². The highest BCUT2D eigenvalue weighted by Gasteiger charge is 2.24. The fourth-order valence-corrected chi connectivity index (χ4v) is 5.47. The molecule has 1 aliphatic carbocycles. The maximum absolute atomic E-state index is 13.4. The number of nitrogens with one attached hydrogen (secondary N) is 2. The number of amides is 3. The largest absolute Gasteiger partial charge is 0.481 e. The normalized spacial score (nSPS) is 12.1. The molecule has 318 valence electrons. The summed E-state index contributed by atoms with van der Waals surface area (Å²) in [6, 6.07) is 13.8. The molecule has 2 aromatic rings. The Morgan fingerprint density at radius 2 is 1.32 bits per heavy atom. The molecule has 0 saturated carbocycles. The fraction of sp³-hybridized carbons (Fsp3) is 0.429. The summed E-state index contributed by atoms with van der Waals surface area (Å²) in [5.41, 5.74) is 0.220. The van der Waals surface area contributed by atoms with Crippen molar-refractivity contribution < 1.29 is 67.0 Å². The molecule has 59 heavy (non-hydrogen) atoms. The standard InChI is InChI=1S/C42H51N3O14/c1-41(2,3)58-39(51)44-27-8-11-30-33(24-27)57-34-25-28(45-40(52)59-42(4,5)6)9-12-31(34)36(30)32-23-26(7-10-29(32)38(49)50)37(48)43-14-16-54-18-20-56-22-21-55-19-17-53-15-13-35(46)47/h7-12,23-25H,13-22H2,1-6H3,(H,43,48)(H,44,51)(H,46,47)(H,49,50). The number of rotatable bonds is 19. The zero-order valence-corrected chi connectivity index (χ0v) is 34.0. The maximum atomic E-state index is 13.4. The first-order chi connectivity index (χ1) is 27.9. The van der Waals surface area contributed by atoms with Crippen LogP contribution in [0.15, 0.2) is 64.0 Å². The number of carboxylic acids is 2. The molecular weight excluding hydrogens is 770 g/mol. The van der Waals surface area contributed by atoms with Crippen LogP contribution in [0.25, 0.3) is 33.4 Å². The Hall–Kier alpha value is -5.88. The molecule has 0 aromatic heterocycles. The molecule has 2 aliphatic rings. The van der Waals surface area contributed by atoms with Gasteiger partial charge < -0.3 is 48.4 Å². The van der Waals surface area contributed by atoms with Crippen LogP contribution < -0.4 is 16.0 Å². The molecule has 0 atom stereocenters. The number of aromatic carboxylic acids is 1. The van der Waals surface area contributed by atoms with Gasteiger partial charge in [0.05, 0.1) is 70.2 Å². The molecule has 0 fully saturated rings. The van der Waals surface area contributed by atoms with Gasteiger partial charge in [-0.3, -0.25) is 14.9 Å². The quantitative estimate of drug-likeness (QED) is 0.0596. The third-order valence-corrected chi connectivity index (χ3v) is 7.85. The number of carboxylic acid groups (broad SMARTS) is 2. The molecule has 17 nitrogen and oxygen atoms in total. The topological polar surface area (TPSA) is 231 Å². The highest BCUT2D eigenvalue weighted by Crippen LogP contribution is 2.42. The van der Waals surface area contributed by atoms with E-state index in [0.29, 0.717) is 48.6 Å². The number of hydrogen-bond donors (Lipinski definition) is 4. The monoisotopic (exact) mass is 821 g/mol. The number of nitrogens with zero attached hydrogens (tertiary/aromatic N) is 1. The van der Waals surface area contributed by atoms with Crippen molar-refractivity contribution in [3.63, 3.8) is 0 Å². The van der Waals surface area contributed by atoms with E-state index in [2.05, 4.69) is 15.6 Å². The average Bonchev–Trinajstić information content (AvgIpc) is 3.13. The first kappa shape index (κ1) is 45.8. The smallest absolute Gasteiger partial charge is 0.434 e. The first-order valence-corrected chi connectivity index (χ1v) is 18.9. The second-order valence-electron chi connectivity index (χ2n) is 15.0. The van der Waals surface area contributed by atoms with Gasteiger partial charge in [-0.1, -0.05) is 0 Å². The number of anilines is 1. The van der Waals surface area contributed by atoms with Gasteiger partial charge >= 0.3 is 24.1 Å². The third-order valence-electron chi connectivity index (χ3n) is 7.85. The van der Waals surface area contributed by atoms with Crippen molar-refractivity contribution in [2.45, 2.75) is 59.2 Å². The van der Waals surface area contributed by atoms with Crippen LogP contribution in [0.4, 0.5) is 15.3 Å². The first-order valence-electron chi connectivity index (χ1n) is 18.9. The van der Waals surface area contributed by atoms with Crippen molar-refractivity contribution in [1.82, 2.24) is 5.32 Å². The van der Waals surface area contributed by atoms with Crippen molar-refractivity contribution in [2.75, 3.05) is 64.7 Å². The Bertz CT molecular complexity index is 2150. The van der Waals surface area contributed by atoms with Gasteiger partial charge in [0.1, 0.15) is 22.5 Å². The highest BCUT2D eigenvalue weighted by atomic mass is 16.6. The molecule has 4 N–H and O–H groups in total. The summed E-state index contributed by atoms with van der Waals surface area (Å²) in [5, 5.41) is 25.1. The van der Waals surface area contributed by atoms with Crippen molar-refractivity contribution in [3.8, 4) is 22.5 Å². The molecule has 17 heteroatoms. The molecule has 0 radical (unpaired) electrons. The maximum Gasteiger partial charge on any atom is 0.434 e. The van der Waals surface area contributed by atoms with Crippen LogP contribution in [0.3, 0.4) is 0 Å². The van der Waals surface area contributed by atoms with Crippen LogP contribution in [0, 0.1) is 0 Å². The van der Waals surface area contributed by atoms with Gasteiger partial charge in [-0.2, -0.15) is 4.99 Å². The zero-order chi connectivity index (χ0) is 43.2. The summed E-state index contributed by atoms with van der Waals surface area (Å²) in [4.78, 5) is 65.7. The van der Waals surface area contributed by atoms with E-state index in [0.717, 1.165) is 0 Å². The minimum atomic E-state index is -1.24. The van der Waals surface area contributed by atoms with E-state index in [1.165, 1.54) is 24.3 Å². The summed E-state index contributed by atoms with van der Waals surface area (Å²) in [6.07, 6.45) is -1.57. The summed E-state index contributed by atoms with van der Waals surface area (Å²) in [5.74, 6) is -2.40. The second-order valence-corrected chi connectivity index (χ2v) is 15.0. The van der Waals surface area contributed by atoms with Crippen LogP contribution in [0.5, 0.6) is 0 Å². The van der Waals surface area contributed by atoms with Gasteiger partial charge in [0, 0.05) is 46.4 Å². The number of fused-ring (bicyclic) bond motifs is 2. The van der Waals surface area contributed by atoms with E-state index < -0.39 is 41.2 Å². The number of carbonyl (C=O) groups is 5. The van der Waals surface area contributed by atoms with Crippen molar-refractivity contribution in [1.29, 1.82) is 0 Å². The predicted molar refractivity (Wildman–Crippen MR) is 215 cm³/mol. The number of carbonyl (C=O) groups excluding carboxylic acids is 3. The Morgan fingerprint density at radius 3 is 1.93 bits per heavy atom. The number of benzene rings is 3. The van der Waals surface area contributed by atoms with Crippen LogP contribution in [0.1, 0.15) is 68.7 Å². The molecule has 0 bridgehead atoms. The molecule has 1 heterocycles. The van der Waals surface area contributed by atoms with E-state index in [-0.39, 0.29) is 72.8 Å². The van der Waals surface area contributed by atoms with Crippen LogP contribution >= 0.6 is 0 Å². The lowest BCUT2D eigenvalue weighted by molar-refractivity contribution is -0.138. The highest BCUT2D eigenvalue weighted by molar-refractivity contribution is 6.09. The predicted octanol–water partition coefficient (Wildman–Crippen LogP) is 6.36. The number of ether oxygens (including phenoxy) is 6. The molecule has 0 unspecified atom stereocenters. The van der Waals surface area contributed by atoms with E-state index in [1.807, 2.05) is 0 Å². The molecule has 2 aromatic carbocycles. The van der Waals surface area contributed by atoms with E-state index in [1.54, 1.807) is 71.9 Å². The van der Waals surface area contributed by atoms with Gasteiger partial charge in [-0.05, 0) is 89.6 Å². The fourth-order valence-electron chi connectivity index (χ4n) is 5.47. The van der Waals surface area contributed by atoms with Gasteiger partial charge in [-0.25, -0.2) is 14.4 Å². The Labute approximate surface area is 340 Å². The van der Waals surface area contributed by atoms with Crippen LogP contribution in [-0.4, -0.2) is 111 Å². The molecule has 3 amide bonds. The Kier molecular flexibility index (Phi) is 16.5. The van der Waals surface area contributed by atoms with Crippen LogP contribution in [-0.2, 0) is 33.2 Å². The minimum absolute atomic E-state index is 0.0603. The molecule has 0 saturated heterocycles. The summed E-state index contributed by atoms with van der Waals surface area (Å²) >= 11 is 0. The lowest BCUT2D eigenvalue weighted by Gasteiger charge is -2.20. The molecular formula is C42H51N3O14. The van der Waals surface area contributed by atoms with E-state index >= 15 is 0 Å². The Balaban J connectivity index is 1.52. The Morgan fingerprint density at radius 1 is 0.695 bits per heavy atom. The minimum Gasteiger partial charge on any atom is -0.481 e. The lowest BCUT2D eigenvalue weighted by atomic mass is 9.89. The van der Waals surface area contributed by atoms with Crippen molar-refractivity contribution in [2.24, 2.45) is 4.99 Å². The molecule has 1 aliphatic heterocycles. The summed E-state index contributed by atoms with van der Waals surface area (Å²) in [7, 11) is 0. The molecule has 0 spiro atoms. The number of aliphatic carboxylic acids is 1. The van der Waals surface area contributed by atoms with Gasteiger partial charge in [0.15, 0.2) is 0 Å². The van der Waals surface area contributed by atoms with Gasteiger partial charge in [0.2, 0.25) is 0 Å². The van der Waals surface area contributed by atoms with E-state index in [9.17, 15) is 29.1 Å². The third kappa shape index (κ3) is 15.1.